The molecular formula is C14H12N2. The van der Waals surface area contributed by atoms with E-state index in [1.807, 2.05) is 65.6 Å². The second-order valence-corrected chi connectivity index (χ2v) is 3.42. The molecule has 0 saturated carbocycles. The molecule has 0 radical (unpaired) electrons. The third-order valence-electron chi connectivity index (χ3n) is 2.36. The molecule has 0 amide bonds. The van der Waals surface area contributed by atoms with Crippen molar-refractivity contribution in [3.63, 3.8) is 0 Å². The van der Waals surface area contributed by atoms with Gasteiger partial charge in [0, 0.05) is 11.4 Å². The topological polar surface area (TPSA) is 27.0 Å². The highest BCUT2D eigenvalue weighted by Gasteiger charge is 2.06. The van der Waals surface area contributed by atoms with Crippen molar-refractivity contribution in [2.45, 2.75) is 0 Å². The highest BCUT2D eigenvalue weighted by atomic mass is 15.1. The molecule has 78 valence electrons. The molecule has 2 aromatic carbocycles. The Balaban J connectivity index is 2.36. The van der Waals surface area contributed by atoms with Crippen LogP contribution in [0.5, 0.6) is 0 Å². The van der Waals surface area contributed by atoms with Crippen LogP contribution in [0.2, 0.25) is 0 Å². The summed E-state index contributed by atoms with van der Waals surface area (Å²) < 4.78 is 0. The van der Waals surface area contributed by atoms with Crippen LogP contribution >= 0.6 is 0 Å². The molecule has 0 aliphatic rings. The van der Waals surface area contributed by atoms with E-state index in [-0.39, 0.29) is 0 Å². The summed E-state index contributed by atoms with van der Waals surface area (Å²) in [6.45, 7) is 0.355. The van der Waals surface area contributed by atoms with E-state index < -0.39 is 0 Å². The van der Waals surface area contributed by atoms with Crippen LogP contribution in [0.1, 0.15) is 0 Å². The smallest absolute Gasteiger partial charge is 0.110 e. The standard InChI is InChI=1S/C14H12N2/c15-11-12-16(13-7-3-1-4-8-13)14-9-5-2-6-10-14/h1-10H,12H2. The number of nitriles is 1. The van der Waals surface area contributed by atoms with E-state index in [0.717, 1.165) is 11.4 Å². The van der Waals surface area contributed by atoms with Crippen molar-refractivity contribution in [3.05, 3.63) is 60.7 Å². The molecular weight excluding hydrogens is 196 g/mol. The first-order valence-corrected chi connectivity index (χ1v) is 5.16. The van der Waals surface area contributed by atoms with Gasteiger partial charge in [-0.1, -0.05) is 36.4 Å². The highest BCUT2D eigenvalue weighted by Crippen LogP contribution is 2.23. The van der Waals surface area contributed by atoms with Gasteiger partial charge < -0.3 is 4.90 Å². The fourth-order valence-electron chi connectivity index (χ4n) is 1.62. The molecule has 16 heavy (non-hydrogen) atoms. The van der Waals surface area contributed by atoms with Crippen molar-refractivity contribution in [2.75, 3.05) is 11.4 Å². The molecule has 0 saturated heterocycles. The van der Waals surface area contributed by atoms with Gasteiger partial charge in [0.1, 0.15) is 6.54 Å². The second kappa shape index (κ2) is 4.99. The fourth-order valence-corrected chi connectivity index (χ4v) is 1.62. The first kappa shape index (κ1) is 10.3. The van der Waals surface area contributed by atoms with Gasteiger partial charge >= 0.3 is 0 Å². The lowest BCUT2D eigenvalue weighted by Crippen LogP contribution is -2.16. The Morgan fingerprint density at radius 2 is 1.25 bits per heavy atom. The number of benzene rings is 2. The number of para-hydroxylation sites is 2. The first-order chi connectivity index (χ1) is 7.92. The van der Waals surface area contributed by atoms with Crippen LogP contribution in [0.25, 0.3) is 0 Å². The molecule has 0 heterocycles. The zero-order valence-corrected chi connectivity index (χ0v) is 8.88. The van der Waals surface area contributed by atoms with Gasteiger partial charge in [0.05, 0.1) is 6.07 Å². The Labute approximate surface area is 95.4 Å². The second-order valence-electron chi connectivity index (χ2n) is 3.42. The average Bonchev–Trinajstić information content (AvgIpc) is 2.38. The molecule has 0 aliphatic carbocycles. The minimum Gasteiger partial charge on any atom is -0.328 e. The summed E-state index contributed by atoms with van der Waals surface area (Å²) in [6, 6.07) is 22.0. The zero-order valence-electron chi connectivity index (χ0n) is 8.88. The summed E-state index contributed by atoms with van der Waals surface area (Å²) in [5.41, 5.74) is 2.07. The predicted octanol–water partition coefficient (Wildman–Crippen LogP) is 3.35. The van der Waals surface area contributed by atoms with Crippen molar-refractivity contribution in [3.8, 4) is 6.07 Å². The van der Waals surface area contributed by atoms with E-state index in [9.17, 15) is 0 Å². The predicted molar refractivity (Wildman–Crippen MR) is 65.5 cm³/mol. The van der Waals surface area contributed by atoms with Gasteiger partial charge in [0.15, 0.2) is 0 Å². The Morgan fingerprint density at radius 1 is 0.812 bits per heavy atom. The number of anilines is 2. The SMILES string of the molecule is N#CCN(c1ccccc1)c1ccccc1. The van der Waals surface area contributed by atoms with Crippen LogP contribution in [0.3, 0.4) is 0 Å². The lowest BCUT2D eigenvalue weighted by atomic mass is 10.2. The Kier molecular flexibility index (Phi) is 3.20. The monoisotopic (exact) mass is 208 g/mol. The summed E-state index contributed by atoms with van der Waals surface area (Å²) in [4.78, 5) is 1.99. The molecule has 0 atom stereocenters. The molecule has 2 aromatic rings. The molecule has 0 unspecified atom stereocenters. The van der Waals surface area contributed by atoms with Crippen LogP contribution < -0.4 is 4.90 Å². The van der Waals surface area contributed by atoms with E-state index in [2.05, 4.69) is 6.07 Å². The molecule has 0 aromatic heterocycles. The molecule has 0 aliphatic heterocycles. The highest BCUT2D eigenvalue weighted by molar-refractivity contribution is 5.63. The van der Waals surface area contributed by atoms with Gasteiger partial charge in [-0.2, -0.15) is 5.26 Å². The Bertz CT molecular complexity index is 432. The summed E-state index contributed by atoms with van der Waals surface area (Å²) in [5.74, 6) is 0. The first-order valence-electron chi connectivity index (χ1n) is 5.16. The van der Waals surface area contributed by atoms with Crippen molar-refractivity contribution >= 4 is 11.4 Å². The van der Waals surface area contributed by atoms with Crippen molar-refractivity contribution in [2.24, 2.45) is 0 Å². The van der Waals surface area contributed by atoms with E-state index in [4.69, 9.17) is 5.26 Å². The van der Waals surface area contributed by atoms with E-state index >= 15 is 0 Å². The van der Waals surface area contributed by atoms with Crippen LogP contribution in [0, 0.1) is 11.3 Å². The maximum atomic E-state index is 8.87. The van der Waals surface area contributed by atoms with Crippen LogP contribution in [-0.4, -0.2) is 6.54 Å². The largest absolute Gasteiger partial charge is 0.328 e. The third-order valence-corrected chi connectivity index (χ3v) is 2.36. The van der Waals surface area contributed by atoms with Crippen molar-refractivity contribution in [1.29, 1.82) is 5.26 Å². The maximum absolute atomic E-state index is 8.87. The number of hydrogen-bond acceptors (Lipinski definition) is 2. The Morgan fingerprint density at radius 3 is 1.62 bits per heavy atom. The fraction of sp³-hybridized carbons (Fsp3) is 0.0714. The summed E-state index contributed by atoms with van der Waals surface area (Å²) in [7, 11) is 0. The van der Waals surface area contributed by atoms with Gasteiger partial charge in [-0.05, 0) is 24.3 Å². The minimum atomic E-state index is 0.355. The summed E-state index contributed by atoms with van der Waals surface area (Å²) in [6.07, 6.45) is 0. The van der Waals surface area contributed by atoms with Crippen LogP contribution in [0.15, 0.2) is 60.7 Å². The van der Waals surface area contributed by atoms with Gasteiger partial charge in [-0.25, -0.2) is 0 Å². The minimum absolute atomic E-state index is 0.355. The summed E-state index contributed by atoms with van der Waals surface area (Å²) in [5, 5.41) is 8.87. The Hall–Kier alpha value is -2.27. The van der Waals surface area contributed by atoms with Crippen molar-refractivity contribution in [1.82, 2.24) is 0 Å². The lowest BCUT2D eigenvalue weighted by Gasteiger charge is -2.21. The maximum Gasteiger partial charge on any atom is 0.110 e. The number of rotatable bonds is 3. The molecule has 0 bridgehead atoms. The normalized spacial score (nSPS) is 9.44. The summed E-state index contributed by atoms with van der Waals surface area (Å²) >= 11 is 0. The van der Waals surface area contributed by atoms with Crippen molar-refractivity contribution < 1.29 is 0 Å². The molecule has 0 fully saturated rings. The molecule has 2 rings (SSSR count). The van der Waals surface area contributed by atoms with E-state index in [1.165, 1.54) is 0 Å². The molecule has 2 heteroatoms. The average molecular weight is 208 g/mol. The van der Waals surface area contributed by atoms with Gasteiger partial charge in [-0.15, -0.1) is 0 Å². The number of hydrogen-bond donors (Lipinski definition) is 0. The van der Waals surface area contributed by atoms with Gasteiger partial charge in [0.2, 0.25) is 0 Å². The third kappa shape index (κ3) is 2.21. The quantitative estimate of drug-likeness (QED) is 0.723. The molecule has 2 nitrogen and oxygen atoms in total. The van der Waals surface area contributed by atoms with E-state index in [1.54, 1.807) is 0 Å². The van der Waals surface area contributed by atoms with Crippen LogP contribution in [0.4, 0.5) is 11.4 Å². The molecule has 0 N–H and O–H groups in total. The number of nitrogens with zero attached hydrogens (tertiary/aromatic N) is 2. The van der Waals surface area contributed by atoms with Gasteiger partial charge in [0.25, 0.3) is 0 Å². The lowest BCUT2D eigenvalue weighted by molar-refractivity contribution is 1.10. The molecule has 0 spiro atoms. The zero-order chi connectivity index (χ0) is 11.2. The van der Waals surface area contributed by atoms with E-state index in [0.29, 0.717) is 6.54 Å². The van der Waals surface area contributed by atoms with Crippen LogP contribution in [-0.2, 0) is 0 Å². The van der Waals surface area contributed by atoms with Gasteiger partial charge in [-0.3, -0.25) is 0 Å².